The summed E-state index contributed by atoms with van der Waals surface area (Å²) in [5.41, 5.74) is 4.48. The van der Waals surface area contributed by atoms with Gasteiger partial charge in [-0.3, -0.25) is 19.3 Å². The summed E-state index contributed by atoms with van der Waals surface area (Å²) in [6.45, 7) is 2.77. The fourth-order valence-corrected chi connectivity index (χ4v) is 4.06. The van der Waals surface area contributed by atoms with Crippen molar-refractivity contribution < 1.29 is 19.2 Å². The van der Waals surface area contributed by atoms with Crippen molar-refractivity contribution in [2.75, 3.05) is 19.6 Å². The van der Waals surface area contributed by atoms with Gasteiger partial charge in [0, 0.05) is 19.0 Å². The van der Waals surface area contributed by atoms with E-state index in [0.717, 1.165) is 17.7 Å². The molecule has 25 heavy (non-hydrogen) atoms. The lowest BCUT2D eigenvalue weighted by molar-refractivity contribution is -0.141. The summed E-state index contributed by atoms with van der Waals surface area (Å²) in [5.74, 6) is -0.516. The molecule has 1 saturated carbocycles. The number of nitrogens with one attached hydrogen (secondary N) is 1. The largest absolute Gasteiger partial charge is 0.369 e. The fraction of sp³-hybridized carbons (Fsp3) is 0.765. The molecular formula is C17H26N4O4. The van der Waals surface area contributed by atoms with E-state index in [-0.39, 0.29) is 30.2 Å². The van der Waals surface area contributed by atoms with Gasteiger partial charge in [0.25, 0.3) is 5.91 Å². The van der Waals surface area contributed by atoms with Gasteiger partial charge in [0.05, 0.1) is 0 Å². The minimum atomic E-state index is -0.817. The van der Waals surface area contributed by atoms with Crippen LogP contribution in [-0.2, 0) is 14.4 Å². The van der Waals surface area contributed by atoms with Crippen molar-refractivity contribution in [3.05, 3.63) is 0 Å². The summed E-state index contributed by atoms with van der Waals surface area (Å²) in [4.78, 5) is 51.4. The van der Waals surface area contributed by atoms with E-state index < -0.39 is 11.6 Å². The molecule has 0 aromatic rings. The van der Waals surface area contributed by atoms with Crippen LogP contribution >= 0.6 is 0 Å². The average Bonchev–Trinajstić information content (AvgIpc) is 2.82. The molecule has 138 valence electrons. The van der Waals surface area contributed by atoms with Gasteiger partial charge in [-0.2, -0.15) is 0 Å². The topological polar surface area (TPSA) is 113 Å². The van der Waals surface area contributed by atoms with E-state index in [0.29, 0.717) is 44.7 Å². The predicted molar refractivity (Wildman–Crippen MR) is 89.1 cm³/mol. The molecule has 0 aromatic carbocycles. The Labute approximate surface area is 147 Å². The third-order valence-corrected chi connectivity index (χ3v) is 5.92. The summed E-state index contributed by atoms with van der Waals surface area (Å²) in [6.07, 6.45) is 4.12. The van der Waals surface area contributed by atoms with Crippen LogP contribution in [0.15, 0.2) is 0 Å². The zero-order valence-corrected chi connectivity index (χ0v) is 14.6. The highest BCUT2D eigenvalue weighted by Crippen LogP contribution is 2.36. The molecule has 0 unspecified atom stereocenters. The average molecular weight is 350 g/mol. The smallest absolute Gasteiger partial charge is 0.325 e. The van der Waals surface area contributed by atoms with Crippen molar-refractivity contribution in [2.45, 2.75) is 51.0 Å². The highest BCUT2D eigenvalue weighted by atomic mass is 16.2. The van der Waals surface area contributed by atoms with Gasteiger partial charge in [0.2, 0.25) is 11.8 Å². The third kappa shape index (κ3) is 3.34. The van der Waals surface area contributed by atoms with Crippen LogP contribution in [0.4, 0.5) is 4.79 Å². The zero-order valence-electron chi connectivity index (χ0n) is 14.6. The Balaban J connectivity index is 1.59. The molecule has 3 aliphatic rings. The molecule has 2 heterocycles. The zero-order chi connectivity index (χ0) is 18.2. The molecule has 3 fully saturated rings. The maximum Gasteiger partial charge on any atom is 0.325 e. The van der Waals surface area contributed by atoms with Crippen LogP contribution < -0.4 is 11.1 Å². The van der Waals surface area contributed by atoms with E-state index in [9.17, 15) is 19.2 Å². The first-order chi connectivity index (χ1) is 11.8. The van der Waals surface area contributed by atoms with Crippen molar-refractivity contribution in [1.29, 1.82) is 0 Å². The first-order valence-corrected chi connectivity index (χ1v) is 9.03. The Hall–Kier alpha value is -2.12. The van der Waals surface area contributed by atoms with Crippen molar-refractivity contribution in [1.82, 2.24) is 15.1 Å². The Kier molecular flexibility index (Phi) is 4.71. The monoisotopic (exact) mass is 350 g/mol. The summed E-state index contributed by atoms with van der Waals surface area (Å²) in [6, 6.07) is -0.472. The quantitative estimate of drug-likeness (QED) is 0.708. The number of nitrogens with zero attached hydrogens (tertiary/aromatic N) is 2. The lowest BCUT2D eigenvalue weighted by Gasteiger charge is -2.34. The predicted octanol–water partition coefficient (Wildman–Crippen LogP) is 0.211. The molecule has 0 aromatic heterocycles. The number of urea groups is 1. The number of carbonyl (C=O) groups excluding carboxylic acids is 4. The SMILES string of the molecule is CC1CCC2(CC1)NC(=O)N(CC(=O)N1CCC(C(N)=O)CC1)C2=O. The molecule has 3 rings (SSSR count). The summed E-state index contributed by atoms with van der Waals surface area (Å²) in [7, 11) is 0. The minimum absolute atomic E-state index is 0.201. The van der Waals surface area contributed by atoms with Gasteiger partial charge in [-0.05, 0) is 44.4 Å². The summed E-state index contributed by atoms with van der Waals surface area (Å²) in [5, 5.41) is 2.83. The van der Waals surface area contributed by atoms with Gasteiger partial charge in [-0.1, -0.05) is 6.92 Å². The third-order valence-electron chi connectivity index (χ3n) is 5.92. The number of likely N-dealkylation sites (tertiary alicyclic amines) is 1. The Morgan fingerprint density at radius 3 is 2.32 bits per heavy atom. The molecule has 8 heteroatoms. The fourth-order valence-electron chi connectivity index (χ4n) is 4.06. The molecule has 0 radical (unpaired) electrons. The number of nitrogens with two attached hydrogens (primary N) is 1. The van der Waals surface area contributed by atoms with Crippen LogP contribution in [0.2, 0.25) is 0 Å². The van der Waals surface area contributed by atoms with Gasteiger partial charge >= 0.3 is 6.03 Å². The summed E-state index contributed by atoms with van der Waals surface area (Å²) >= 11 is 0. The van der Waals surface area contributed by atoms with Gasteiger partial charge in [-0.25, -0.2) is 4.79 Å². The Morgan fingerprint density at radius 2 is 1.76 bits per heavy atom. The van der Waals surface area contributed by atoms with Gasteiger partial charge in [0.1, 0.15) is 12.1 Å². The molecular weight excluding hydrogens is 324 g/mol. The van der Waals surface area contributed by atoms with Crippen LogP contribution in [0.25, 0.3) is 0 Å². The van der Waals surface area contributed by atoms with Gasteiger partial charge in [-0.15, -0.1) is 0 Å². The van der Waals surface area contributed by atoms with Crippen molar-refractivity contribution in [2.24, 2.45) is 17.6 Å². The van der Waals surface area contributed by atoms with E-state index in [1.807, 2.05) is 0 Å². The number of hydrogen-bond acceptors (Lipinski definition) is 4. The first-order valence-electron chi connectivity index (χ1n) is 9.03. The van der Waals surface area contributed by atoms with Crippen molar-refractivity contribution in [3.8, 4) is 0 Å². The molecule has 5 amide bonds. The number of carbonyl (C=O) groups is 4. The normalized spacial score (nSPS) is 30.7. The number of primary amides is 1. The molecule has 8 nitrogen and oxygen atoms in total. The number of piperidine rings is 1. The minimum Gasteiger partial charge on any atom is -0.369 e. The van der Waals surface area contributed by atoms with Crippen molar-refractivity contribution in [3.63, 3.8) is 0 Å². The first kappa shape index (κ1) is 17.7. The number of hydrogen-bond donors (Lipinski definition) is 2. The second-order valence-electron chi connectivity index (χ2n) is 7.64. The highest BCUT2D eigenvalue weighted by Gasteiger charge is 2.52. The molecule has 2 aliphatic heterocycles. The van der Waals surface area contributed by atoms with E-state index in [1.54, 1.807) is 4.90 Å². The summed E-state index contributed by atoms with van der Waals surface area (Å²) < 4.78 is 0. The van der Waals surface area contributed by atoms with E-state index in [2.05, 4.69) is 12.2 Å². The lowest BCUT2D eigenvalue weighted by Crippen LogP contribution is -2.50. The number of amides is 5. The van der Waals surface area contributed by atoms with E-state index in [1.165, 1.54) is 0 Å². The molecule has 1 aliphatic carbocycles. The number of rotatable bonds is 3. The molecule has 0 atom stereocenters. The Bertz CT molecular complexity index is 589. The van der Waals surface area contributed by atoms with Crippen LogP contribution in [0.1, 0.15) is 45.4 Å². The molecule has 1 spiro atoms. The number of imide groups is 1. The maximum atomic E-state index is 12.8. The molecule has 3 N–H and O–H groups in total. The highest BCUT2D eigenvalue weighted by molar-refractivity contribution is 6.09. The van der Waals surface area contributed by atoms with Crippen molar-refractivity contribution >= 4 is 23.8 Å². The van der Waals surface area contributed by atoms with Crippen LogP contribution in [-0.4, -0.2) is 58.7 Å². The molecule has 0 bridgehead atoms. The van der Waals surface area contributed by atoms with Gasteiger partial charge in [0.15, 0.2) is 0 Å². The second-order valence-corrected chi connectivity index (χ2v) is 7.64. The van der Waals surface area contributed by atoms with E-state index in [4.69, 9.17) is 5.73 Å². The van der Waals surface area contributed by atoms with Crippen LogP contribution in [0.3, 0.4) is 0 Å². The second kappa shape index (κ2) is 6.65. The van der Waals surface area contributed by atoms with Crippen LogP contribution in [0.5, 0.6) is 0 Å². The lowest BCUT2D eigenvalue weighted by atomic mass is 9.77. The van der Waals surface area contributed by atoms with Crippen LogP contribution in [0, 0.1) is 11.8 Å². The Morgan fingerprint density at radius 1 is 1.16 bits per heavy atom. The molecule has 2 saturated heterocycles. The standard InChI is InChI=1S/C17H26N4O4/c1-11-2-6-17(7-3-11)15(24)21(16(25)19-17)10-13(22)20-8-4-12(5-9-20)14(18)23/h11-12H,2-10H2,1H3,(H2,18,23)(H,19,25). The maximum absolute atomic E-state index is 12.8. The van der Waals surface area contributed by atoms with Gasteiger partial charge < -0.3 is 16.0 Å². The van der Waals surface area contributed by atoms with E-state index >= 15 is 0 Å².